The topological polar surface area (TPSA) is 52.5 Å². The van der Waals surface area contributed by atoms with Crippen LogP contribution >= 0.6 is 11.6 Å². The fourth-order valence-electron chi connectivity index (χ4n) is 2.72. The second-order valence-electron chi connectivity index (χ2n) is 5.30. The highest BCUT2D eigenvalue weighted by Gasteiger charge is 2.18. The minimum absolute atomic E-state index is 0.0393. The molecule has 1 unspecified atom stereocenters. The number of aliphatic hydroxyl groups is 1. The largest absolute Gasteiger partial charge is 0.506 e. The van der Waals surface area contributed by atoms with E-state index in [1.165, 1.54) is 38.5 Å². The van der Waals surface area contributed by atoms with Crippen LogP contribution < -0.4 is 5.32 Å². The number of aliphatic hydroxyl groups excluding tert-OH is 1. The Morgan fingerprint density at radius 3 is 2.47 bits per heavy atom. The van der Waals surface area contributed by atoms with Crippen LogP contribution in [0.1, 0.15) is 50.1 Å². The van der Waals surface area contributed by atoms with Crippen molar-refractivity contribution in [3.63, 3.8) is 0 Å². The van der Waals surface area contributed by atoms with Crippen molar-refractivity contribution in [1.82, 2.24) is 5.32 Å². The van der Waals surface area contributed by atoms with E-state index in [9.17, 15) is 10.2 Å². The molecule has 0 heterocycles. The average Bonchev–Trinajstić information content (AvgIpc) is 2.68. The predicted molar refractivity (Wildman–Crippen MR) is 77.6 cm³/mol. The molecule has 4 heteroatoms. The SMILES string of the molecule is OCC(NC1CCCCCC1)c1ccc(O)c(Cl)c1. The molecule has 2 rings (SSSR count). The van der Waals surface area contributed by atoms with Crippen molar-refractivity contribution in [3.05, 3.63) is 28.8 Å². The van der Waals surface area contributed by atoms with Crippen LogP contribution in [0.5, 0.6) is 5.75 Å². The Morgan fingerprint density at radius 1 is 1.21 bits per heavy atom. The zero-order chi connectivity index (χ0) is 13.7. The van der Waals surface area contributed by atoms with E-state index in [4.69, 9.17) is 11.6 Å². The van der Waals surface area contributed by atoms with Crippen LogP contribution in [0, 0.1) is 0 Å². The van der Waals surface area contributed by atoms with Gasteiger partial charge in [-0.15, -0.1) is 0 Å². The molecule has 0 aromatic heterocycles. The molecule has 3 N–H and O–H groups in total. The highest BCUT2D eigenvalue weighted by Crippen LogP contribution is 2.27. The molecule has 1 aromatic carbocycles. The zero-order valence-corrected chi connectivity index (χ0v) is 11.9. The summed E-state index contributed by atoms with van der Waals surface area (Å²) in [4.78, 5) is 0. The first-order valence-corrected chi connectivity index (χ1v) is 7.44. The lowest BCUT2D eigenvalue weighted by molar-refractivity contribution is 0.228. The Labute approximate surface area is 119 Å². The van der Waals surface area contributed by atoms with Crippen molar-refractivity contribution in [2.24, 2.45) is 0 Å². The number of phenols is 1. The molecule has 1 aromatic rings. The van der Waals surface area contributed by atoms with Crippen molar-refractivity contribution in [1.29, 1.82) is 0 Å². The van der Waals surface area contributed by atoms with Crippen LogP contribution in [0.4, 0.5) is 0 Å². The summed E-state index contributed by atoms with van der Waals surface area (Å²) in [5.74, 6) is 0.0802. The number of benzene rings is 1. The van der Waals surface area contributed by atoms with Crippen LogP contribution in [0.3, 0.4) is 0 Å². The van der Waals surface area contributed by atoms with Gasteiger partial charge in [0, 0.05) is 6.04 Å². The maximum absolute atomic E-state index is 9.57. The van der Waals surface area contributed by atoms with Crippen molar-refractivity contribution >= 4 is 11.6 Å². The molecule has 19 heavy (non-hydrogen) atoms. The van der Waals surface area contributed by atoms with Gasteiger partial charge in [-0.3, -0.25) is 0 Å². The number of halogens is 1. The fraction of sp³-hybridized carbons (Fsp3) is 0.600. The summed E-state index contributed by atoms with van der Waals surface area (Å²) in [7, 11) is 0. The second kappa shape index (κ2) is 7.13. The van der Waals surface area contributed by atoms with Gasteiger partial charge in [-0.2, -0.15) is 0 Å². The van der Waals surface area contributed by atoms with E-state index in [0.29, 0.717) is 11.1 Å². The van der Waals surface area contributed by atoms with Gasteiger partial charge in [0.05, 0.1) is 17.7 Å². The van der Waals surface area contributed by atoms with Gasteiger partial charge in [0.15, 0.2) is 0 Å². The molecule has 106 valence electrons. The number of hydrogen-bond acceptors (Lipinski definition) is 3. The van der Waals surface area contributed by atoms with Crippen molar-refractivity contribution in [2.45, 2.75) is 50.6 Å². The maximum atomic E-state index is 9.57. The minimum Gasteiger partial charge on any atom is -0.506 e. The molecule has 0 saturated heterocycles. The second-order valence-corrected chi connectivity index (χ2v) is 5.71. The standard InChI is InChI=1S/C15H22ClNO2/c16-13-9-11(7-8-15(13)19)14(10-18)17-12-5-3-1-2-4-6-12/h7-9,12,14,17-19H,1-6,10H2. The summed E-state index contributed by atoms with van der Waals surface area (Å²) < 4.78 is 0. The first kappa shape index (κ1) is 14.6. The molecule has 1 aliphatic rings. The third-order valence-corrected chi connectivity index (χ3v) is 4.15. The number of phenolic OH excluding ortho intramolecular Hbond substituents is 1. The van der Waals surface area contributed by atoms with Gasteiger partial charge in [0.2, 0.25) is 0 Å². The summed E-state index contributed by atoms with van der Waals surface area (Å²) >= 11 is 5.92. The Kier molecular flexibility index (Phi) is 5.49. The molecule has 1 fully saturated rings. The van der Waals surface area contributed by atoms with Gasteiger partial charge in [0.25, 0.3) is 0 Å². The van der Waals surface area contributed by atoms with E-state index in [1.807, 2.05) is 6.07 Å². The van der Waals surface area contributed by atoms with Crippen molar-refractivity contribution in [2.75, 3.05) is 6.61 Å². The normalized spacial score (nSPS) is 19.1. The molecule has 3 nitrogen and oxygen atoms in total. The summed E-state index contributed by atoms with van der Waals surface area (Å²) in [5, 5.41) is 22.9. The van der Waals surface area contributed by atoms with Gasteiger partial charge < -0.3 is 15.5 Å². The van der Waals surface area contributed by atoms with E-state index in [0.717, 1.165) is 5.56 Å². The van der Waals surface area contributed by atoms with Gasteiger partial charge in [-0.05, 0) is 30.5 Å². The first-order chi connectivity index (χ1) is 9.20. The molecule has 1 saturated carbocycles. The number of rotatable bonds is 4. The van der Waals surface area contributed by atoms with Crippen molar-refractivity contribution in [3.8, 4) is 5.75 Å². The molecule has 0 amide bonds. The first-order valence-electron chi connectivity index (χ1n) is 7.06. The van der Waals surface area contributed by atoms with Crippen LogP contribution in [0.2, 0.25) is 5.02 Å². The molecule has 0 radical (unpaired) electrons. The van der Waals surface area contributed by atoms with Gasteiger partial charge in [-0.25, -0.2) is 0 Å². The predicted octanol–water partition coefficient (Wildman–Crippen LogP) is 3.39. The number of nitrogens with one attached hydrogen (secondary N) is 1. The molecular formula is C15H22ClNO2. The van der Waals surface area contributed by atoms with E-state index in [1.54, 1.807) is 12.1 Å². The van der Waals surface area contributed by atoms with E-state index < -0.39 is 0 Å². The maximum Gasteiger partial charge on any atom is 0.134 e. The Morgan fingerprint density at radius 2 is 1.89 bits per heavy atom. The van der Waals surface area contributed by atoms with E-state index in [-0.39, 0.29) is 18.4 Å². The average molecular weight is 284 g/mol. The Bertz CT molecular complexity index is 403. The lowest BCUT2D eigenvalue weighted by atomic mass is 10.0. The molecule has 1 atom stereocenters. The molecule has 0 spiro atoms. The van der Waals surface area contributed by atoms with E-state index >= 15 is 0 Å². The summed E-state index contributed by atoms with van der Waals surface area (Å²) in [6, 6.07) is 5.47. The van der Waals surface area contributed by atoms with Gasteiger partial charge in [0.1, 0.15) is 5.75 Å². The quantitative estimate of drug-likeness (QED) is 0.743. The van der Waals surface area contributed by atoms with Gasteiger partial charge in [-0.1, -0.05) is 43.4 Å². The fourth-order valence-corrected chi connectivity index (χ4v) is 2.91. The Hall–Kier alpha value is -0.770. The van der Waals surface area contributed by atoms with Crippen LogP contribution in [-0.4, -0.2) is 22.9 Å². The van der Waals surface area contributed by atoms with Gasteiger partial charge >= 0.3 is 0 Å². The monoisotopic (exact) mass is 283 g/mol. The summed E-state index contributed by atoms with van der Waals surface area (Å²) in [5.41, 5.74) is 0.926. The Balaban J connectivity index is 2.03. The highest BCUT2D eigenvalue weighted by molar-refractivity contribution is 6.32. The zero-order valence-electron chi connectivity index (χ0n) is 11.1. The highest BCUT2D eigenvalue weighted by atomic mass is 35.5. The summed E-state index contributed by atoms with van der Waals surface area (Å²) in [6.07, 6.45) is 7.48. The molecule has 0 bridgehead atoms. The smallest absolute Gasteiger partial charge is 0.134 e. The lowest BCUT2D eigenvalue weighted by Gasteiger charge is -2.24. The van der Waals surface area contributed by atoms with Crippen molar-refractivity contribution < 1.29 is 10.2 Å². The lowest BCUT2D eigenvalue weighted by Crippen LogP contribution is -2.34. The van der Waals surface area contributed by atoms with Crippen LogP contribution in [0.15, 0.2) is 18.2 Å². The van der Waals surface area contributed by atoms with Crippen LogP contribution in [-0.2, 0) is 0 Å². The molecule has 0 aliphatic heterocycles. The minimum atomic E-state index is -0.110. The number of hydrogen-bond donors (Lipinski definition) is 3. The third kappa shape index (κ3) is 4.10. The third-order valence-electron chi connectivity index (χ3n) is 3.85. The molecule has 1 aliphatic carbocycles. The number of aromatic hydroxyl groups is 1. The molecular weight excluding hydrogens is 262 g/mol. The van der Waals surface area contributed by atoms with Crippen LogP contribution in [0.25, 0.3) is 0 Å². The summed E-state index contributed by atoms with van der Waals surface area (Å²) in [6.45, 7) is 0.0393. The van der Waals surface area contributed by atoms with E-state index in [2.05, 4.69) is 5.32 Å².